The van der Waals surface area contributed by atoms with E-state index in [9.17, 15) is 18.4 Å². The second kappa shape index (κ2) is 15.1. The van der Waals surface area contributed by atoms with Gasteiger partial charge in [-0.15, -0.1) is 0 Å². The molecule has 10 heteroatoms. The lowest BCUT2D eigenvalue weighted by Crippen LogP contribution is -2.52. The maximum Gasteiger partial charge on any atom is 0.406 e. The van der Waals surface area contributed by atoms with Gasteiger partial charge < -0.3 is 30.3 Å². The summed E-state index contributed by atoms with van der Waals surface area (Å²) in [5, 5.41) is 9.00. The first-order chi connectivity index (χ1) is 17.9. The van der Waals surface area contributed by atoms with Crippen molar-refractivity contribution >= 4 is 12.1 Å². The van der Waals surface area contributed by atoms with Gasteiger partial charge in [0.2, 0.25) is 0 Å². The number of carbonyl (C=O) groups excluding carboxylic acids is 2. The molecule has 208 valence electrons. The highest BCUT2D eigenvalue weighted by Crippen LogP contribution is 2.34. The monoisotopic (exact) mass is 524 g/mol. The maximum atomic E-state index is 14.1. The number of benzene rings is 1. The number of hydrogen-bond acceptors (Lipinski definition) is 5. The van der Waals surface area contributed by atoms with Crippen molar-refractivity contribution in [3.63, 3.8) is 0 Å². The lowest BCUT2D eigenvalue weighted by atomic mass is 9.85. The number of likely N-dealkylation sites (N-methyl/N-ethyl adjacent to an activating group) is 1. The highest BCUT2D eigenvalue weighted by molar-refractivity contribution is 5.74. The van der Waals surface area contributed by atoms with Gasteiger partial charge in [0.15, 0.2) is 11.6 Å². The number of halogens is 2. The van der Waals surface area contributed by atoms with Gasteiger partial charge in [0.1, 0.15) is 0 Å². The van der Waals surface area contributed by atoms with Crippen LogP contribution in [0.15, 0.2) is 18.2 Å². The summed E-state index contributed by atoms with van der Waals surface area (Å²) >= 11 is 0. The summed E-state index contributed by atoms with van der Waals surface area (Å²) in [5.74, 6) is -1.33. The number of alkyl carbamates (subject to hydrolysis) is 1. The minimum atomic E-state index is -0.943. The number of nitrogens with one attached hydrogen (secondary N) is 3. The van der Waals surface area contributed by atoms with E-state index in [4.69, 9.17) is 4.74 Å². The number of urea groups is 1. The van der Waals surface area contributed by atoms with E-state index in [1.165, 1.54) is 45.3 Å². The molecule has 0 spiro atoms. The number of piperidine rings is 1. The number of rotatable bonds is 11. The fourth-order valence-corrected chi connectivity index (χ4v) is 5.58. The molecule has 1 aromatic rings. The Kier molecular flexibility index (Phi) is 11.9. The van der Waals surface area contributed by atoms with Gasteiger partial charge in [0.25, 0.3) is 0 Å². The molecule has 1 aliphatic carbocycles. The Bertz CT molecular complexity index is 869. The predicted molar refractivity (Wildman–Crippen MR) is 137 cm³/mol. The van der Waals surface area contributed by atoms with Crippen LogP contribution in [0, 0.1) is 23.5 Å². The van der Waals surface area contributed by atoms with Gasteiger partial charge in [-0.3, -0.25) is 0 Å². The molecule has 2 fully saturated rings. The number of likely N-dealkylation sites (tertiary alicyclic amines) is 1. The van der Waals surface area contributed by atoms with Crippen LogP contribution in [-0.2, 0) is 9.47 Å². The summed E-state index contributed by atoms with van der Waals surface area (Å²) in [7, 11) is 3.17. The van der Waals surface area contributed by atoms with Crippen molar-refractivity contribution in [3.8, 4) is 0 Å². The van der Waals surface area contributed by atoms with E-state index in [0.29, 0.717) is 31.1 Å². The summed E-state index contributed by atoms with van der Waals surface area (Å²) in [5.41, 5.74) is 0.509. The van der Waals surface area contributed by atoms with Crippen molar-refractivity contribution in [1.82, 2.24) is 20.9 Å². The summed E-state index contributed by atoms with van der Waals surface area (Å²) in [4.78, 5) is 26.4. The minimum Gasteiger partial charge on any atom is -0.453 e. The van der Waals surface area contributed by atoms with E-state index in [2.05, 4.69) is 20.7 Å². The molecule has 3 N–H and O–H groups in total. The normalized spacial score (nSPS) is 20.2. The van der Waals surface area contributed by atoms with Crippen molar-refractivity contribution in [3.05, 3.63) is 35.4 Å². The number of amides is 3. The molecule has 1 saturated heterocycles. The molecular formula is C27H42F2N4O4. The third-order valence-electron chi connectivity index (χ3n) is 7.42. The van der Waals surface area contributed by atoms with E-state index < -0.39 is 23.8 Å². The molecule has 3 atom stereocenters. The van der Waals surface area contributed by atoms with Crippen molar-refractivity contribution in [2.24, 2.45) is 11.8 Å². The Labute approximate surface area is 218 Å². The molecule has 8 nitrogen and oxygen atoms in total. The number of carbonyl (C=O) groups is 2. The van der Waals surface area contributed by atoms with Crippen LogP contribution in [0.25, 0.3) is 0 Å². The summed E-state index contributed by atoms with van der Waals surface area (Å²) in [6, 6.07) is 3.72. The molecule has 0 aromatic heterocycles. The van der Waals surface area contributed by atoms with Crippen LogP contribution < -0.4 is 16.0 Å². The molecule has 3 rings (SSSR count). The second-order valence-corrected chi connectivity index (χ2v) is 10.2. The van der Waals surface area contributed by atoms with E-state index in [0.717, 1.165) is 31.4 Å². The number of hydrogen-bond donors (Lipinski definition) is 3. The Balaban J connectivity index is 1.64. The standard InChI is InChI=1S/C27H42F2N4O4/c1-30-17-22(15-19-7-4-3-5-8-19)32-26(34)33-13-6-9-21(18-33)25(37-14-12-31-27(35)36-2)20-10-11-23(28)24(29)16-20/h10-11,16,19,21-22,25,30H,3-9,12-15,17-18H2,1-2H3,(H,31,35)(H,32,34)/t21-,22+,25+/m1/s1. The van der Waals surface area contributed by atoms with Crippen molar-refractivity contribution in [2.45, 2.75) is 63.5 Å². The third kappa shape index (κ3) is 9.10. The first-order valence-electron chi connectivity index (χ1n) is 13.5. The molecule has 37 heavy (non-hydrogen) atoms. The topological polar surface area (TPSA) is 91.9 Å². The first kappa shape index (κ1) is 29.1. The van der Waals surface area contributed by atoms with E-state index >= 15 is 0 Å². The fraction of sp³-hybridized carbons (Fsp3) is 0.704. The summed E-state index contributed by atoms with van der Waals surface area (Å²) in [6.45, 7) is 2.15. The minimum absolute atomic E-state index is 0.0589. The predicted octanol–water partition coefficient (Wildman–Crippen LogP) is 4.36. The molecule has 1 aromatic carbocycles. The quantitative estimate of drug-likeness (QED) is 0.374. The SMILES string of the molecule is CNC[C@H](CC1CCCCC1)NC(=O)N1CCC[C@@H]([C@@H](OCCNC(=O)OC)c2ccc(F)c(F)c2)C1. The van der Waals surface area contributed by atoms with Gasteiger partial charge in [-0.1, -0.05) is 38.2 Å². The highest BCUT2D eigenvalue weighted by Gasteiger charge is 2.32. The molecule has 1 heterocycles. The fourth-order valence-electron chi connectivity index (χ4n) is 5.58. The Morgan fingerprint density at radius 2 is 1.89 bits per heavy atom. The van der Waals surface area contributed by atoms with Crippen molar-refractivity contribution < 1.29 is 27.8 Å². The maximum absolute atomic E-state index is 14.1. The van der Waals surface area contributed by atoms with Gasteiger partial charge in [-0.05, 0) is 49.9 Å². The average molecular weight is 525 g/mol. The molecule has 0 unspecified atom stereocenters. The van der Waals surface area contributed by atoms with Crippen LogP contribution in [-0.4, -0.2) is 70.0 Å². The number of methoxy groups -OCH3 is 1. The smallest absolute Gasteiger partial charge is 0.406 e. The molecule has 1 aliphatic heterocycles. The first-order valence-corrected chi connectivity index (χ1v) is 13.5. The zero-order valence-electron chi connectivity index (χ0n) is 22.1. The lowest BCUT2D eigenvalue weighted by molar-refractivity contribution is -0.00886. The molecule has 3 amide bonds. The largest absolute Gasteiger partial charge is 0.453 e. The Morgan fingerprint density at radius 1 is 1.11 bits per heavy atom. The summed E-state index contributed by atoms with van der Waals surface area (Å²) in [6.07, 6.45) is 7.67. The van der Waals surface area contributed by atoms with Crippen LogP contribution in [0.5, 0.6) is 0 Å². The highest BCUT2D eigenvalue weighted by atomic mass is 19.2. The molecule has 2 aliphatic rings. The number of ether oxygens (including phenoxy) is 2. The zero-order valence-corrected chi connectivity index (χ0v) is 22.1. The van der Waals surface area contributed by atoms with Gasteiger partial charge >= 0.3 is 12.1 Å². The van der Waals surface area contributed by atoms with E-state index in [-0.39, 0.29) is 31.1 Å². The van der Waals surface area contributed by atoms with Gasteiger partial charge in [-0.2, -0.15) is 0 Å². The number of nitrogens with zero attached hydrogens (tertiary/aromatic N) is 1. The Hall–Kier alpha value is -2.46. The van der Waals surface area contributed by atoms with Crippen molar-refractivity contribution in [1.29, 1.82) is 0 Å². The molecule has 0 radical (unpaired) electrons. The van der Waals surface area contributed by atoms with Gasteiger partial charge in [0, 0.05) is 38.1 Å². The van der Waals surface area contributed by atoms with E-state index in [1.807, 2.05) is 7.05 Å². The van der Waals surface area contributed by atoms with Crippen LogP contribution in [0.2, 0.25) is 0 Å². The average Bonchev–Trinajstić information content (AvgIpc) is 2.91. The van der Waals surface area contributed by atoms with Crippen LogP contribution in [0.1, 0.15) is 63.0 Å². The second-order valence-electron chi connectivity index (χ2n) is 10.2. The van der Waals surface area contributed by atoms with Gasteiger partial charge in [0.05, 0.1) is 19.8 Å². The third-order valence-corrected chi connectivity index (χ3v) is 7.42. The van der Waals surface area contributed by atoms with Crippen molar-refractivity contribution in [2.75, 3.05) is 46.9 Å². The zero-order chi connectivity index (χ0) is 26.6. The van der Waals surface area contributed by atoms with Crippen LogP contribution >= 0.6 is 0 Å². The van der Waals surface area contributed by atoms with Gasteiger partial charge in [-0.25, -0.2) is 18.4 Å². The molecule has 1 saturated carbocycles. The molecular weight excluding hydrogens is 482 g/mol. The molecule has 0 bridgehead atoms. The van der Waals surface area contributed by atoms with E-state index in [1.54, 1.807) is 4.90 Å². The lowest BCUT2D eigenvalue weighted by Gasteiger charge is -2.38. The van der Waals surface area contributed by atoms with Crippen LogP contribution in [0.4, 0.5) is 18.4 Å². The van der Waals surface area contributed by atoms with Crippen LogP contribution in [0.3, 0.4) is 0 Å². The summed E-state index contributed by atoms with van der Waals surface area (Å²) < 4.78 is 38.3. The Morgan fingerprint density at radius 3 is 2.59 bits per heavy atom.